The molecule has 0 rings (SSSR count). The van der Waals surface area contributed by atoms with Crippen molar-refractivity contribution in [3.63, 3.8) is 0 Å². The van der Waals surface area contributed by atoms with Gasteiger partial charge < -0.3 is 14.6 Å². The van der Waals surface area contributed by atoms with Gasteiger partial charge in [-0.1, -0.05) is 13.8 Å². The van der Waals surface area contributed by atoms with E-state index >= 15 is 0 Å². The molecule has 5 nitrogen and oxygen atoms in total. The largest absolute Gasteiger partial charge is 0.462 e. The highest BCUT2D eigenvalue weighted by Gasteiger charge is 2.76. The molecule has 0 heterocycles. The van der Waals surface area contributed by atoms with E-state index < -0.39 is 109 Å². The van der Waals surface area contributed by atoms with Crippen molar-refractivity contribution in [2.45, 2.75) is 114 Å². The third-order valence-electron chi connectivity index (χ3n) is 6.93. The summed E-state index contributed by atoms with van der Waals surface area (Å²) in [5, 5.41) is 8.92. The Morgan fingerprint density at radius 1 is 0.625 bits per heavy atom. The van der Waals surface area contributed by atoms with Crippen LogP contribution in [0.5, 0.6) is 0 Å². The van der Waals surface area contributed by atoms with Crippen LogP contribution in [-0.4, -0.2) is 84.3 Å². The van der Waals surface area contributed by atoms with Gasteiger partial charge in [0.1, 0.15) is 6.10 Å². The van der Waals surface area contributed by atoms with Crippen LogP contribution in [0.3, 0.4) is 0 Å². The molecule has 0 aliphatic heterocycles. The first-order chi connectivity index (χ1) is 20.7. The average Bonchev–Trinajstić information content (AvgIpc) is 2.87. The molecule has 0 bridgehead atoms. The van der Waals surface area contributed by atoms with E-state index in [0.717, 1.165) is 13.8 Å². The van der Waals surface area contributed by atoms with Gasteiger partial charge in [-0.15, -0.1) is 0 Å². The lowest BCUT2D eigenvalue weighted by atomic mass is 9.86. The standard InChI is InChI=1S/C12H15F9O3.C11H11F11O2/c1-4-8(3,10(13,14)15)7(22)24-6(2)5-9(23,11(16,17)18)12(19,20)21;1-3-7(2,11(20,21)22)6(23)24-4-8(14,15)10(18,19)9(16,17)5(12)13/h6,23H,4-5H2,1-3H3;5H,3-4H2,1-2H3. The maximum absolute atomic E-state index is 13.1. The molecule has 0 aromatic rings. The number of alkyl halides is 20. The van der Waals surface area contributed by atoms with Crippen LogP contribution < -0.4 is 0 Å². The Morgan fingerprint density at radius 3 is 1.23 bits per heavy atom. The lowest BCUT2D eigenvalue weighted by molar-refractivity contribution is -0.374. The number of hydrogen-bond acceptors (Lipinski definition) is 5. The van der Waals surface area contributed by atoms with Crippen molar-refractivity contribution in [2.24, 2.45) is 10.8 Å². The highest BCUT2D eigenvalue weighted by Crippen LogP contribution is 2.50. The van der Waals surface area contributed by atoms with E-state index in [0.29, 0.717) is 13.8 Å². The third-order valence-corrected chi connectivity index (χ3v) is 6.93. The van der Waals surface area contributed by atoms with Gasteiger partial charge in [-0.2, -0.15) is 79.0 Å². The topological polar surface area (TPSA) is 72.8 Å². The van der Waals surface area contributed by atoms with Gasteiger partial charge in [-0.25, -0.2) is 8.78 Å². The third kappa shape index (κ3) is 9.59. The summed E-state index contributed by atoms with van der Waals surface area (Å²) in [4.78, 5) is 22.8. The molecule has 0 fully saturated rings. The highest BCUT2D eigenvalue weighted by molar-refractivity contribution is 5.78. The van der Waals surface area contributed by atoms with Crippen molar-refractivity contribution in [3.05, 3.63) is 0 Å². The quantitative estimate of drug-likeness (QED) is 0.159. The fourth-order valence-electron chi connectivity index (χ4n) is 2.87. The maximum Gasteiger partial charge on any atom is 0.426 e. The monoisotopic (exact) mass is 762 g/mol. The summed E-state index contributed by atoms with van der Waals surface area (Å²) in [7, 11) is 0. The van der Waals surface area contributed by atoms with Crippen LogP contribution in [0.2, 0.25) is 0 Å². The molecular formula is C23H26F20O5. The molecule has 3 atom stereocenters. The van der Waals surface area contributed by atoms with E-state index in [2.05, 4.69) is 9.47 Å². The minimum Gasteiger partial charge on any atom is -0.462 e. The Kier molecular flexibility index (Phi) is 14.7. The van der Waals surface area contributed by atoms with Gasteiger partial charge >= 0.3 is 60.8 Å². The number of esters is 2. The van der Waals surface area contributed by atoms with Crippen molar-refractivity contribution in [2.75, 3.05) is 6.61 Å². The number of halogens is 20. The lowest BCUT2D eigenvalue weighted by Gasteiger charge is -2.35. The summed E-state index contributed by atoms with van der Waals surface area (Å²) < 4.78 is 260. The summed E-state index contributed by atoms with van der Waals surface area (Å²) in [6.07, 6.45) is -34.3. The zero-order chi connectivity index (χ0) is 39.6. The maximum atomic E-state index is 13.1. The van der Waals surface area contributed by atoms with Gasteiger partial charge in [-0.05, 0) is 33.6 Å². The van der Waals surface area contributed by atoms with Crippen molar-refractivity contribution in [3.8, 4) is 0 Å². The predicted octanol–water partition coefficient (Wildman–Crippen LogP) is 8.82. The smallest absolute Gasteiger partial charge is 0.426 e. The van der Waals surface area contributed by atoms with Gasteiger partial charge in [0.25, 0.3) is 5.60 Å². The second kappa shape index (κ2) is 14.8. The first-order valence-corrected chi connectivity index (χ1v) is 12.5. The summed E-state index contributed by atoms with van der Waals surface area (Å²) in [6, 6.07) is 0. The molecule has 25 heteroatoms. The van der Waals surface area contributed by atoms with Crippen LogP contribution in [0.1, 0.15) is 53.9 Å². The molecule has 0 amide bonds. The van der Waals surface area contributed by atoms with Gasteiger partial charge in [0.05, 0.1) is 0 Å². The van der Waals surface area contributed by atoms with Crippen LogP contribution >= 0.6 is 0 Å². The Hall–Kier alpha value is -2.50. The van der Waals surface area contributed by atoms with Gasteiger partial charge in [0.2, 0.25) is 0 Å². The van der Waals surface area contributed by atoms with Crippen molar-refractivity contribution in [1.29, 1.82) is 0 Å². The molecule has 0 radical (unpaired) electrons. The van der Waals surface area contributed by atoms with Crippen LogP contribution in [0.15, 0.2) is 0 Å². The Bertz CT molecular complexity index is 1060. The molecule has 0 aliphatic rings. The fraction of sp³-hybridized carbons (Fsp3) is 0.913. The highest BCUT2D eigenvalue weighted by atomic mass is 19.4. The van der Waals surface area contributed by atoms with Crippen LogP contribution in [0, 0.1) is 10.8 Å². The van der Waals surface area contributed by atoms with E-state index in [-0.39, 0.29) is 6.92 Å². The zero-order valence-corrected chi connectivity index (χ0v) is 24.6. The molecule has 0 saturated heterocycles. The molecule has 3 unspecified atom stereocenters. The number of hydrogen-bond donors (Lipinski definition) is 1. The van der Waals surface area contributed by atoms with Crippen molar-refractivity contribution in [1.82, 2.24) is 0 Å². The summed E-state index contributed by atoms with van der Waals surface area (Å²) >= 11 is 0. The first kappa shape index (κ1) is 47.6. The minimum atomic E-state index is -6.67. The van der Waals surface area contributed by atoms with Crippen LogP contribution in [0.25, 0.3) is 0 Å². The molecule has 0 aromatic heterocycles. The van der Waals surface area contributed by atoms with Gasteiger partial charge in [-0.3, -0.25) is 9.59 Å². The summed E-state index contributed by atoms with van der Waals surface area (Å²) in [5.41, 5.74) is -11.7. The number of ether oxygens (including phenoxy) is 2. The van der Waals surface area contributed by atoms with E-state index in [9.17, 15) is 97.4 Å². The van der Waals surface area contributed by atoms with E-state index in [1.54, 1.807) is 0 Å². The van der Waals surface area contributed by atoms with Crippen molar-refractivity contribution >= 4 is 11.9 Å². The number of rotatable bonds is 12. The van der Waals surface area contributed by atoms with Gasteiger partial charge in [0, 0.05) is 6.42 Å². The second-order valence-electron chi connectivity index (χ2n) is 10.4. The normalized spacial score (nSPS) is 17.5. The number of carbonyl (C=O) groups excluding carboxylic acids is 2. The van der Waals surface area contributed by atoms with E-state index in [4.69, 9.17) is 5.11 Å². The zero-order valence-electron chi connectivity index (χ0n) is 24.6. The molecule has 0 aliphatic carbocycles. The lowest BCUT2D eigenvalue weighted by Crippen LogP contribution is -2.59. The Labute approximate surface area is 256 Å². The molecule has 0 saturated carbocycles. The van der Waals surface area contributed by atoms with Crippen LogP contribution in [-0.2, 0) is 19.1 Å². The van der Waals surface area contributed by atoms with E-state index in [1.165, 1.54) is 0 Å². The Morgan fingerprint density at radius 2 is 0.958 bits per heavy atom. The predicted molar refractivity (Wildman–Crippen MR) is 118 cm³/mol. The molecule has 1 N–H and O–H groups in total. The average molecular weight is 762 g/mol. The molecule has 48 heavy (non-hydrogen) atoms. The first-order valence-electron chi connectivity index (χ1n) is 12.5. The molecule has 288 valence electrons. The molecular weight excluding hydrogens is 736 g/mol. The second-order valence-corrected chi connectivity index (χ2v) is 10.4. The SMILES string of the molecule is CCC(C)(C(=O)OC(C)CC(O)(C(F)(F)F)C(F)(F)F)C(F)(F)F.CCC(C)(C(=O)OCC(F)(F)C(F)(F)C(F)(F)C(F)F)C(F)(F)F. The fourth-order valence-corrected chi connectivity index (χ4v) is 2.87. The van der Waals surface area contributed by atoms with E-state index in [1.807, 2.05) is 0 Å². The number of carbonyl (C=O) groups is 2. The van der Waals surface area contributed by atoms with Crippen LogP contribution in [0.4, 0.5) is 87.8 Å². The molecule has 0 spiro atoms. The summed E-state index contributed by atoms with van der Waals surface area (Å²) in [5.74, 6) is -23.7. The minimum absolute atomic E-state index is 0.208. The molecule has 0 aromatic carbocycles. The number of aliphatic hydroxyl groups is 1. The van der Waals surface area contributed by atoms with Gasteiger partial charge in [0.15, 0.2) is 17.4 Å². The summed E-state index contributed by atoms with van der Waals surface area (Å²) in [6.45, 7) is -0.0611. The Balaban J connectivity index is 0. The van der Waals surface area contributed by atoms with Crippen molar-refractivity contribution < 1.29 is 112 Å².